The van der Waals surface area contributed by atoms with Crippen LogP contribution in [0.25, 0.3) is 6.08 Å². The summed E-state index contributed by atoms with van der Waals surface area (Å²) in [5.41, 5.74) is 1.63. The van der Waals surface area contributed by atoms with Crippen LogP contribution in [0.2, 0.25) is 0 Å². The van der Waals surface area contributed by atoms with Gasteiger partial charge in [0.25, 0.3) is 0 Å². The van der Waals surface area contributed by atoms with E-state index in [1.54, 1.807) is 18.2 Å². The van der Waals surface area contributed by atoms with Gasteiger partial charge in [0.15, 0.2) is 11.5 Å². The first-order valence-corrected chi connectivity index (χ1v) is 10.5. The van der Waals surface area contributed by atoms with Gasteiger partial charge < -0.3 is 34.1 Å². The Balaban J connectivity index is 1.18. The summed E-state index contributed by atoms with van der Waals surface area (Å²) in [6, 6.07) is 14.2. The average Bonchev–Trinajstić information content (AvgIpc) is 3.35. The van der Waals surface area contributed by atoms with Crippen LogP contribution in [0.15, 0.2) is 54.6 Å². The predicted molar refractivity (Wildman–Crippen MR) is 116 cm³/mol. The molecule has 4 atom stereocenters. The number of carbonyl (C=O) groups excluding carboxylic acids is 2. The highest BCUT2D eigenvalue weighted by molar-refractivity contribution is 5.87. The summed E-state index contributed by atoms with van der Waals surface area (Å²) in [5.74, 6) is -0.251. The maximum atomic E-state index is 12.1. The minimum Gasteiger partial charge on any atom is -0.504 e. The molecule has 9 heteroatoms. The number of benzene rings is 2. The van der Waals surface area contributed by atoms with Gasteiger partial charge in [-0.25, -0.2) is 9.59 Å². The van der Waals surface area contributed by atoms with Gasteiger partial charge in [-0.15, -0.1) is 0 Å². The van der Waals surface area contributed by atoms with Gasteiger partial charge in [0.05, 0.1) is 19.3 Å². The molecule has 0 spiro atoms. The highest BCUT2D eigenvalue weighted by Crippen LogP contribution is 2.35. The fourth-order valence-electron chi connectivity index (χ4n) is 3.68. The van der Waals surface area contributed by atoms with Crippen molar-refractivity contribution in [3.8, 4) is 11.5 Å². The summed E-state index contributed by atoms with van der Waals surface area (Å²) in [5, 5.41) is 12.3. The molecule has 2 heterocycles. The maximum Gasteiger partial charge on any atom is 0.409 e. The van der Waals surface area contributed by atoms with Gasteiger partial charge in [-0.1, -0.05) is 36.4 Å². The minimum absolute atomic E-state index is 0.0130. The fraction of sp³-hybridized carbons (Fsp3) is 0.333. The third kappa shape index (κ3) is 6.03. The summed E-state index contributed by atoms with van der Waals surface area (Å²) in [6.07, 6.45) is 0.879. The normalized spacial score (nSPS) is 23.8. The van der Waals surface area contributed by atoms with Crippen molar-refractivity contribution in [1.82, 2.24) is 5.32 Å². The van der Waals surface area contributed by atoms with E-state index in [1.807, 2.05) is 30.3 Å². The molecule has 4 rings (SSSR count). The number of nitrogens with one attached hydrogen (secondary N) is 1. The topological polar surface area (TPSA) is 113 Å². The number of phenols is 1. The summed E-state index contributed by atoms with van der Waals surface area (Å²) < 4.78 is 27.1. The van der Waals surface area contributed by atoms with Crippen LogP contribution in [0.5, 0.6) is 11.5 Å². The molecule has 2 N–H and O–H groups in total. The first-order valence-electron chi connectivity index (χ1n) is 10.5. The number of esters is 1. The summed E-state index contributed by atoms with van der Waals surface area (Å²) in [4.78, 5) is 24.1. The number of hydrogen-bond donors (Lipinski definition) is 2. The van der Waals surface area contributed by atoms with Gasteiger partial charge in [-0.05, 0) is 29.3 Å². The molecule has 2 aromatic rings. The van der Waals surface area contributed by atoms with Gasteiger partial charge >= 0.3 is 12.1 Å². The lowest BCUT2D eigenvalue weighted by atomic mass is 10.2. The maximum absolute atomic E-state index is 12.1. The van der Waals surface area contributed by atoms with Crippen molar-refractivity contribution in [1.29, 1.82) is 0 Å². The van der Waals surface area contributed by atoms with Crippen LogP contribution < -0.4 is 10.1 Å². The van der Waals surface area contributed by atoms with Crippen LogP contribution in [0.4, 0.5) is 4.79 Å². The van der Waals surface area contributed by atoms with E-state index in [-0.39, 0.29) is 18.0 Å². The van der Waals surface area contributed by atoms with E-state index >= 15 is 0 Å². The summed E-state index contributed by atoms with van der Waals surface area (Å²) in [6.45, 7) is 0.359. The number of phenolic OH excluding ortho intramolecular Hbond substituents is 1. The van der Waals surface area contributed by atoms with Gasteiger partial charge in [0.1, 0.15) is 0 Å². The largest absolute Gasteiger partial charge is 0.504 e. The molecule has 9 nitrogen and oxygen atoms in total. The van der Waals surface area contributed by atoms with Crippen molar-refractivity contribution in [2.45, 2.75) is 44.2 Å². The molecule has 0 bridgehead atoms. The Labute approximate surface area is 190 Å². The molecular formula is C24H25NO8. The highest BCUT2D eigenvalue weighted by atomic mass is 16.8. The number of amides is 1. The molecule has 2 fully saturated rings. The first kappa shape index (κ1) is 22.6. The van der Waals surface area contributed by atoms with Crippen LogP contribution in [-0.4, -0.2) is 49.1 Å². The number of alkyl carbamates (subject to hydrolysis) is 1. The van der Waals surface area contributed by atoms with Crippen LogP contribution >= 0.6 is 0 Å². The van der Waals surface area contributed by atoms with Crippen LogP contribution in [-0.2, 0) is 30.3 Å². The number of ether oxygens (including phenoxy) is 5. The van der Waals surface area contributed by atoms with Crippen molar-refractivity contribution < 1.29 is 38.4 Å². The van der Waals surface area contributed by atoms with E-state index in [0.717, 1.165) is 5.56 Å². The van der Waals surface area contributed by atoms with Crippen LogP contribution in [0.3, 0.4) is 0 Å². The third-order valence-corrected chi connectivity index (χ3v) is 5.30. The molecule has 33 heavy (non-hydrogen) atoms. The zero-order valence-corrected chi connectivity index (χ0v) is 18.0. The smallest absolute Gasteiger partial charge is 0.409 e. The molecule has 0 aromatic heterocycles. The van der Waals surface area contributed by atoms with E-state index < -0.39 is 24.6 Å². The minimum atomic E-state index is -0.737. The van der Waals surface area contributed by atoms with Gasteiger partial charge in [0.2, 0.25) is 12.6 Å². The molecule has 174 valence electrons. The van der Waals surface area contributed by atoms with E-state index in [9.17, 15) is 14.7 Å². The van der Waals surface area contributed by atoms with Crippen molar-refractivity contribution in [3.63, 3.8) is 0 Å². The Morgan fingerprint density at radius 2 is 1.76 bits per heavy atom. The van der Waals surface area contributed by atoms with Crippen molar-refractivity contribution in [2.75, 3.05) is 7.11 Å². The second-order valence-electron chi connectivity index (χ2n) is 7.63. The summed E-state index contributed by atoms with van der Waals surface area (Å²) >= 11 is 0. The monoisotopic (exact) mass is 455 g/mol. The number of fused-ring (bicyclic) bond motifs is 1. The number of hydrogen-bond acceptors (Lipinski definition) is 8. The number of carbonyl (C=O) groups is 2. The molecule has 0 radical (unpaired) electrons. The Bertz CT molecular complexity index is 995. The standard InChI is InChI=1S/C24H25NO8/c1-29-18-11-15(7-9-17(18)26)8-10-21(27)32-22-12-19-20(30-22)13-23(31-19)33-24(28)25-14-16-5-3-2-4-6-16/h2-11,19-20,22-23,26H,12-14H2,1H3,(H,25,28)/b10-8+/t19-,20-,22+,23-/m1/s1. The van der Waals surface area contributed by atoms with Gasteiger partial charge in [-0.3, -0.25) is 0 Å². The second-order valence-corrected chi connectivity index (χ2v) is 7.63. The Hall–Kier alpha value is -3.56. The van der Waals surface area contributed by atoms with E-state index in [1.165, 1.54) is 19.3 Å². The van der Waals surface area contributed by atoms with Crippen molar-refractivity contribution in [2.24, 2.45) is 0 Å². The molecule has 2 aromatic carbocycles. The third-order valence-electron chi connectivity index (χ3n) is 5.30. The van der Waals surface area contributed by atoms with Crippen molar-refractivity contribution in [3.05, 3.63) is 65.7 Å². The molecular weight excluding hydrogens is 430 g/mol. The SMILES string of the molecule is COc1cc(/C=C/C(=O)O[C@H]2C[C@H]3O[C@H](OC(=O)NCc4ccccc4)C[C@H]3O2)ccc1O. The molecule has 2 aliphatic rings. The Morgan fingerprint density at radius 1 is 1.06 bits per heavy atom. The zero-order valence-electron chi connectivity index (χ0n) is 18.0. The number of aromatic hydroxyl groups is 1. The van der Waals surface area contributed by atoms with Gasteiger partial charge in [-0.2, -0.15) is 0 Å². The zero-order chi connectivity index (χ0) is 23.2. The molecule has 2 saturated heterocycles. The lowest BCUT2D eigenvalue weighted by Gasteiger charge is -2.16. The predicted octanol–water partition coefficient (Wildman–Crippen LogP) is 3.11. The van der Waals surface area contributed by atoms with E-state index in [4.69, 9.17) is 23.7 Å². The fourth-order valence-corrected chi connectivity index (χ4v) is 3.68. The Kier molecular flexibility index (Phi) is 7.11. The van der Waals surface area contributed by atoms with E-state index in [0.29, 0.717) is 30.7 Å². The molecule has 0 aliphatic carbocycles. The summed E-state index contributed by atoms with van der Waals surface area (Å²) in [7, 11) is 1.44. The average molecular weight is 455 g/mol. The number of methoxy groups -OCH3 is 1. The lowest BCUT2D eigenvalue weighted by molar-refractivity contribution is -0.171. The van der Waals surface area contributed by atoms with E-state index in [2.05, 4.69) is 5.32 Å². The Morgan fingerprint density at radius 3 is 2.45 bits per heavy atom. The van der Waals surface area contributed by atoms with Gasteiger partial charge in [0, 0.05) is 25.5 Å². The molecule has 0 saturated carbocycles. The number of rotatable bonds is 7. The second kappa shape index (κ2) is 10.4. The lowest BCUT2D eigenvalue weighted by Crippen LogP contribution is -2.29. The molecule has 0 unspecified atom stereocenters. The quantitative estimate of drug-likeness (QED) is 0.484. The van der Waals surface area contributed by atoms with Crippen LogP contribution in [0.1, 0.15) is 24.0 Å². The molecule has 1 amide bonds. The van der Waals surface area contributed by atoms with Crippen LogP contribution in [0, 0.1) is 0 Å². The van der Waals surface area contributed by atoms with Crippen molar-refractivity contribution >= 4 is 18.1 Å². The molecule has 2 aliphatic heterocycles. The highest BCUT2D eigenvalue weighted by Gasteiger charge is 2.46. The first-order chi connectivity index (χ1) is 16.0.